The van der Waals surface area contributed by atoms with Crippen LogP contribution < -0.4 is 23.7 Å². The molecule has 0 bridgehead atoms. The number of benzene rings is 5. The van der Waals surface area contributed by atoms with Crippen molar-refractivity contribution in [2.75, 3.05) is 20.0 Å². The number of fused-ring (bicyclic) bond motifs is 2. The molecule has 0 aliphatic carbocycles. The molecule has 8 heteroatoms. The summed E-state index contributed by atoms with van der Waals surface area (Å²) >= 11 is 0. The molecular weight excluding hydrogens is 618 g/mol. The summed E-state index contributed by atoms with van der Waals surface area (Å²) in [6, 6.07) is 38.2. The predicted octanol–water partition coefficient (Wildman–Crippen LogP) is 8.49. The first-order valence-electron chi connectivity index (χ1n) is 16.3. The van der Waals surface area contributed by atoms with Gasteiger partial charge in [0.05, 0.1) is 12.3 Å². The maximum atomic E-state index is 11.8. The zero-order valence-corrected chi connectivity index (χ0v) is 27.5. The van der Waals surface area contributed by atoms with Crippen LogP contribution in [0.5, 0.6) is 28.7 Å². The minimum Gasteiger partial charge on any atom is -0.489 e. The zero-order valence-electron chi connectivity index (χ0n) is 27.5. The van der Waals surface area contributed by atoms with Crippen LogP contribution in [0.25, 0.3) is 22.2 Å². The summed E-state index contributed by atoms with van der Waals surface area (Å²) < 4.78 is 37.5. The molecular formula is C41H37NO7. The van der Waals surface area contributed by atoms with Crippen molar-refractivity contribution in [2.45, 2.75) is 33.6 Å². The Bertz CT molecular complexity index is 2050. The Hall–Kier alpha value is -5.89. The van der Waals surface area contributed by atoms with Gasteiger partial charge in [-0.05, 0) is 78.6 Å². The number of carbonyl (C=O) groups excluding carboxylic acids is 1. The van der Waals surface area contributed by atoms with Gasteiger partial charge < -0.3 is 33.0 Å². The molecule has 0 radical (unpaired) electrons. The van der Waals surface area contributed by atoms with Gasteiger partial charge in [-0.2, -0.15) is 0 Å². The quantitative estimate of drug-likeness (QED) is 0.116. The molecule has 6 aromatic rings. The molecule has 1 aromatic heterocycles. The summed E-state index contributed by atoms with van der Waals surface area (Å²) in [6.07, 6.45) is 0. The SMILES string of the molecule is CCOC(=O)COc1ccc(Cn2c(-c3ccc4c(c3OCc3ccccc3)OCO4)c(C)c3cc(OCc4ccccc4)ccc32)cc1. The lowest BCUT2D eigenvalue weighted by Gasteiger charge is -2.18. The molecule has 1 aliphatic rings. The van der Waals surface area contributed by atoms with Crippen LogP contribution in [0.3, 0.4) is 0 Å². The topological polar surface area (TPSA) is 77.4 Å². The summed E-state index contributed by atoms with van der Waals surface area (Å²) in [5, 5.41) is 1.07. The van der Waals surface area contributed by atoms with Crippen LogP contribution in [0, 0.1) is 6.92 Å². The van der Waals surface area contributed by atoms with E-state index in [4.69, 9.17) is 28.4 Å². The third kappa shape index (κ3) is 7.04. The van der Waals surface area contributed by atoms with Crippen molar-refractivity contribution >= 4 is 16.9 Å². The van der Waals surface area contributed by atoms with Gasteiger partial charge in [0.15, 0.2) is 18.1 Å². The fourth-order valence-electron chi connectivity index (χ4n) is 6.07. The Labute approximate surface area is 285 Å². The molecule has 0 N–H and O–H groups in total. The van der Waals surface area contributed by atoms with E-state index in [1.54, 1.807) is 6.92 Å². The van der Waals surface area contributed by atoms with E-state index in [0.29, 0.717) is 49.4 Å². The van der Waals surface area contributed by atoms with E-state index in [9.17, 15) is 4.79 Å². The fourth-order valence-corrected chi connectivity index (χ4v) is 6.07. The molecule has 7 rings (SSSR count). The number of ether oxygens (including phenoxy) is 6. The summed E-state index contributed by atoms with van der Waals surface area (Å²) in [4.78, 5) is 11.8. The number of rotatable bonds is 13. The average molecular weight is 656 g/mol. The van der Waals surface area contributed by atoms with E-state index in [-0.39, 0.29) is 13.4 Å². The first kappa shape index (κ1) is 31.7. The number of esters is 1. The van der Waals surface area contributed by atoms with Crippen LogP contribution in [-0.2, 0) is 29.3 Å². The van der Waals surface area contributed by atoms with Crippen molar-refractivity contribution < 1.29 is 33.2 Å². The maximum Gasteiger partial charge on any atom is 0.344 e. The van der Waals surface area contributed by atoms with Gasteiger partial charge in [-0.1, -0.05) is 72.8 Å². The van der Waals surface area contributed by atoms with Crippen molar-refractivity contribution in [3.63, 3.8) is 0 Å². The average Bonchev–Trinajstić information content (AvgIpc) is 3.72. The van der Waals surface area contributed by atoms with Crippen molar-refractivity contribution in [2.24, 2.45) is 0 Å². The molecule has 0 unspecified atom stereocenters. The van der Waals surface area contributed by atoms with Gasteiger partial charge in [0.25, 0.3) is 0 Å². The molecule has 5 aromatic carbocycles. The second-order valence-electron chi connectivity index (χ2n) is 11.7. The van der Waals surface area contributed by atoms with Crippen LogP contribution in [-0.4, -0.2) is 30.5 Å². The number of aryl methyl sites for hydroxylation is 1. The third-order valence-electron chi connectivity index (χ3n) is 8.44. The first-order chi connectivity index (χ1) is 24.1. The molecule has 0 saturated heterocycles. The summed E-state index contributed by atoms with van der Waals surface area (Å²) in [7, 11) is 0. The molecule has 2 heterocycles. The third-order valence-corrected chi connectivity index (χ3v) is 8.44. The largest absolute Gasteiger partial charge is 0.489 e. The molecule has 0 saturated carbocycles. The van der Waals surface area contributed by atoms with Crippen LogP contribution in [0.2, 0.25) is 0 Å². The van der Waals surface area contributed by atoms with Gasteiger partial charge in [0, 0.05) is 23.0 Å². The number of nitrogens with zero attached hydrogens (tertiary/aromatic N) is 1. The number of carbonyl (C=O) groups is 1. The van der Waals surface area contributed by atoms with Gasteiger partial charge in [-0.15, -0.1) is 0 Å². The molecule has 8 nitrogen and oxygen atoms in total. The summed E-state index contributed by atoms with van der Waals surface area (Å²) in [5.74, 6) is 2.87. The number of aromatic nitrogens is 1. The van der Waals surface area contributed by atoms with E-state index < -0.39 is 5.97 Å². The molecule has 0 spiro atoms. The minimum absolute atomic E-state index is 0.134. The second-order valence-corrected chi connectivity index (χ2v) is 11.7. The van der Waals surface area contributed by atoms with E-state index in [1.807, 2.05) is 91.0 Å². The Morgan fingerprint density at radius 1 is 0.735 bits per heavy atom. The van der Waals surface area contributed by atoms with Crippen molar-refractivity contribution in [3.05, 3.63) is 138 Å². The van der Waals surface area contributed by atoms with Gasteiger partial charge in [0.2, 0.25) is 12.5 Å². The maximum absolute atomic E-state index is 11.8. The molecule has 49 heavy (non-hydrogen) atoms. The lowest BCUT2D eigenvalue weighted by Crippen LogP contribution is -2.14. The summed E-state index contributed by atoms with van der Waals surface area (Å²) in [6.45, 7) is 5.63. The second kappa shape index (κ2) is 14.5. The lowest BCUT2D eigenvalue weighted by atomic mass is 10.0. The van der Waals surface area contributed by atoms with E-state index in [2.05, 4.69) is 35.8 Å². The smallest absolute Gasteiger partial charge is 0.344 e. The Morgan fingerprint density at radius 2 is 1.43 bits per heavy atom. The van der Waals surface area contributed by atoms with Crippen LogP contribution in [0.4, 0.5) is 0 Å². The van der Waals surface area contributed by atoms with Gasteiger partial charge >= 0.3 is 5.97 Å². The highest BCUT2D eigenvalue weighted by Crippen LogP contribution is 2.49. The van der Waals surface area contributed by atoms with Crippen molar-refractivity contribution in [1.29, 1.82) is 0 Å². The highest BCUT2D eigenvalue weighted by Gasteiger charge is 2.27. The standard InChI is InChI=1S/C41H37NO7/c1-3-44-38(43)26-46-32-16-14-29(15-17-32)23-42-36-20-18-33(45-24-30-10-6-4-7-11-30)22-35(36)28(2)39(42)34-19-21-37-41(49-27-48-37)40(34)47-25-31-12-8-5-9-13-31/h4-22H,3,23-27H2,1-2H3. The number of hydrogen-bond donors (Lipinski definition) is 0. The Kier molecular flexibility index (Phi) is 9.37. The Balaban J connectivity index is 1.28. The highest BCUT2D eigenvalue weighted by molar-refractivity contribution is 5.94. The lowest BCUT2D eigenvalue weighted by molar-refractivity contribution is -0.145. The van der Waals surface area contributed by atoms with E-state index in [0.717, 1.165) is 50.2 Å². The first-order valence-corrected chi connectivity index (χ1v) is 16.3. The fraction of sp³-hybridized carbons (Fsp3) is 0.195. The van der Waals surface area contributed by atoms with Crippen LogP contribution in [0.15, 0.2) is 115 Å². The van der Waals surface area contributed by atoms with Gasteiger partial charge in [-0.3, -0.25) is 0 Å². The van der Waals surface area contributed by atoms with Crippen LogP contribution in [0.1, 0.15) is 29.2 Å². The van der Waals surface area contributed by atoms with Crippen molar-refractivity contribution in [1.82, 2.24) is 4.57 Å². The molecule has 1 aliphatic heterocycles. The minimum atomic E-state index is -0.397. The highest BCUT2D eigenvalue weighted by atomic mass is 16.7. The van der Waals surface area contributed by atoms with E-state index >= 15 is 0 Å². The molecule has 0 amide bonds. The van der Waals surface area contributed by atoms with E-state index in [1.165, 1.54) is 0 Å². The Morgan fingerprint density at radius 3 is 2.14 bits per heavy atom. The molecule has 0 atom stereocenters. The normalized spacial score (nSPS) is 11.8. The predicted molar refractivity (Wildman–Crippen MR) is 187 cm³/mol. The van der Waals surface area contributed by atoms with Gasteiger partial charge in [-0.25, -0.2) is 4.79 Å². The van der Waals surface area contributed by atoms with Crippen LogP contribution >= 0.6 is 0 Å². The molecule has 0 fully saturated rings. The zero-order chi connectivity index (χ0) is 33.6. The van der Waals surface area contributed by atoms with Gasteiger partial charge in [0.1, 0.15) is 24.7 Å². The van der Waals surface area contributed by atoms with Crippen molar-refractivity contribution in [3.8, 4) is 40.0 Å². The molecule has 248 valence electrons. The monoisotopic (exact) mass is 655 g/mol. The summed E-state index contributed by atoms with van der Waals surface area (Å²) in [5.41, 5.74) is 7.24. The number of hydrogen-bond acceptors (Lipinski definition) is 7.